The number of fused-ring (bicyclic) bond motifs is 1. The summed E-state index contributed by atoms with van der Waals surface area (Å²) < 4.78 is 90.5. The van der Waals surface area contributed by atoms with Gasteiger partial charge in [0.1, 0.15) is 6.04 Å². The highest BCUT2D eigenvalue weighted by Crippen LogP contribution is 2.36. The molecule has 1 unspecified atom stereocenters. The number of aromatic nitrogens is 8. The average Bonchev–Trinajstić information content (AvgIpc) is 3.94. The number of halogens is 6. The Labute approximate surface area is 297 Å². The summed E-state index contributed by atoms with van der Waals surface area (Å²) in [5, 5.41) is 14.4. The van der Waals surface area contributed by atoms with Gasteiger partial charge in [0.2, 0.25) is 11.6 Å². The average molecular weight is 752 g/mol. The number of hydrogen-bond donors (Lipinski definition) is 2. The van der Waals surface area contributed by atoms with Crippen molar-refractivity contribution in [1.29, 1.82) is 0 Å². The van der Waals surface area contributed by atoms with Crippen molar-refractivity contribution < 1.29 is 40.2 Å². The van der Waals surface area contributed by atoms with Gasteiger partial charge in [-0.3, -0.25) is 24.0 Å². The van der Waals surface area contributed by atoms with E-state index in [1.807, 2.05) is 0 Å². The first-order valence-corrected chi connectivity index (χ1v) is 15.7. The summed E-state index contributed by atoms with van der Waals surface area (Å²) in [4.78, 5) is 52.5. The molecule has 20 heteroatoms. The number of amides is 1. The van der Waals surface area contributed by atoms with Crippen LogP contribution in [0.2, 0.25) is 0 Å². The predicted octanol–water partition coefficient (Wildman–Crippen LogP) is 5.59. The number of nitrogens with one attached hydrogen (secondary N) is 2. The van der Waals surface area contributed by atoms with Crippen molar-refractivity contribution in [2.45, 2.75) is 31.2 Å². The lowest BCUT2D eigenvalue weighted by atomic mass is 9.92. The van der Waals surface area contributed by atoms with Crippen molar-refractivity contribution in [3.63, 3.8) is 0 Å². The maximum atomic E-state index is 14.6. The number of nitrogens with zero attached hydrogens (tertiary/aromatic N) is 7. The van der Waals surface area contributed by atoms with Gasteiger partial charge in [-0.1, -0.05) is 40.6 Å². The monoisotopic (exact) mass is 751 g/mol. The van der Waals surface area contributed by atoms with Crippen LogP contribution in [0, 0.1) is 0 Å². The summed E-state index contributed by atoms with van der Waals surface area (Å²) in [6.07, 6.45) is -6.33. The molecule has 0 aliphatic rings. The third kappa shape index (κ3) is 6.75. The molecule has 1 atom stereocenters. The number of aryl methyl sites for hydroxylation is 1. The zero-order chi connectivity index (χ0) is 38.4. The molecule has 0 saturated carbocycles. The van der Waals surface area contributed by atoms with Crippen molar-refractivity contribution in [2.75, 3.05) is 11.9 Å². The molecule has 276 valence electrons. The maximum Gasteiger partial charge on any atom is 0.471 e. The van der Waals surface area contributed by atoms with Crippen LogP contribution >= 0.6 is 0 Å². The lowest BCUT2D eigenvalue weighted by Crippen LogP contribution is -2.39. The highest BCUT2D eigenvalue weighted by atomic mass is 19.4. The van der Waals surface area contributed by atoms with Crippen LogP contribution in [0.15, 0.2) is 97.9 Å². The molecule has 1 amide bonds. The number of rotatable bonds is 9. The zero-order valence-electron chi connectivity index (χ0n) is 27.4. The molecular weight excluding hydrogens is 728 g/mol. The van der Waals surface area contributed by atoms with Crippen LogP contribution in [0.25, 0.3) is 33.7 Å². The first-order valence-electron chi connectivity index (χ1n) is 15.7. The molecule has 5 aromatic heterocycles. The molecule has 0 saturated heterocycles. The lowest BCUT2D eigenvalue weighted by Gasteiger charge is -2.27. The number of para-hydroxylation sites is 1. The third-order valence-corrected chi connectivity index (χ3v) is 8.49. The second kappa shape index (κ2) is 13.6. The third-order valence-electron chi connectivity index (χ3n) is 8.49. The Morgan fingerprint density at radius 1 is 0.889 bits per heavy atom. The number of aromatic amines is 2. The highest BCUT2D eigenvalue weighted by Gasteiger charge is 2.41. The summed E-state index contributed by atoms with van der Waals surface area (Å²) in [7, 11) is 1.38. The van der Waals surface area contributed by atoms with Gasteiger partial charge < -0.3 is 18.9 Å². The minimum absolute atomic E-state index is 0.124. The van der Waals surface area contributed by atoms with Crippen molar-refractivity contribution in [2.24, 2.45) is 0 Å². The van der Waals surface area contributed by atoms with E-state index in [9.17, 15) is 40.7 Å². The predicted molar refractivity (Wildman–Crippen MR) is 176 cm³/mol. The van der Waals surface area contributed by atoms with E-state index in [1.54, 1.807) is 54.7 Å². The van der Waals surface area contributed by atoms with E-state index in [1.165, 1.54) is 11.9 Å². The van der Waals surface area contributed by atoms with E-state index >= 15 is 0 Å². The number of pyridine rings is 2. The molecule has 7 aromatic rings. The standard InChI is InChI=1S/C34H23F6N9O5/c1-48(19-7-3-2-4-8-19)30(52)26(49-13-12-18(14-24(49)50)27-43-31(53-46-27)33(35,36)37)22-15-41-29(51)20(25(22)28-44-32(54-47-28)34(38,39)40)11-10-17-6-5-9-23-21(17)16-42-45-23/h2-9,12-16,26H,10-11H2,1H3,(H,41,51)(H,42,45). The zero-order valence-corrected chi connectivity index (χ0v) is 27.4. The van der Waals surface area contributed by atoms with E-state index in [4.69, 9.17) is 0 Å². The van der Waals surface area contributed by atoms with E-state index in [-0.39, 0.29) is 35.1 Å². The van der Waals surface area contributed by atoms with Crippen molar-refractivity contribution >= 4 is 22.5 Å². The van der Waals surface area contributed by atoms with Crippen LogP contribution in [0.3, 0.4) is 0 Å². The number of carbonyl (C=O) groups is 1. The molecular formula is C34H23F6N9O5. The van der Waals surface area contributed by atoms with Gasteiger partial charge in [0.15, 0.2) is 0 Å². The lowest BCUT2D eigenvalue weighted by molar-refractivity contribution is -0.160. The van der Waals surface area contributed by atoms with Gasteiger partial charge in [0.25, 0.3) is 17.0 Å². The van der Waals surface area contributed by atoms with Crippen molar-refractivity contribution in [1.82, 2.24) is 40.0 Å². The summed E-state index contributed by atoms with van der Waals surface area (Å²) in [6, 6.07) is 13.7. The maximum absolute atomic E-state index is 14.6. The summed E-state index contributed by atoms with van der Waals surface area (Å²) in [5.41, 5.74) is -0.837. The number of hydrogen-bond acceptors (Lipinski definition) is 10. The molecule has 7 rings (SSSR count). The minimum atomic E-state index is -5.08. The number of likely N-dealkylation sites (N-methyl/N-ethyl adjacent to an activating group) is 1. The molecule has 0 radical (unpaired) electrons. The van der Waals surface area contributed by atoms with E-state index < -0.39 is 58.9 Å². The van der Waals surface area contributed by atoms with Crippen molar-refractivity contribution in [3.8, 4) is 22.8 Å². The Bertz CT molecular complexity index is 2610. The normalized spacial score (nSPS) is 12.6. The highest BCUT2D eigenvalue weighted by molar-refractivity contribution is 5.98. The van der Waals surface area contributed by atoms with Crippen molar-refractivity contribution in [3.05, 3.63) is 128 Å². The largest absolute Gasteiger partial charge is 0.471 e. The van der Waals surface area contributed by atoms with Gasteiger partial charge >= 0.3 is 24.1 Å². The van der Waals surface area contributed by atoms with Crippen LogP contribution in [0.5, 0.6) is 0 Å². The molecule has 0 fully saturated rings. The fraction of sp³-hybridized carbons (Fsp3) is 0.176. The van der Waals surface area contributed by atoms with Gasteiger partial charge in [-0.25, -0.2) is 0 Å². The smallest absolute Gasteiger partial charge is 0.329 e. The molecule has 2 N–H and O–H groups in total. The first kappa shape index (κ1) is 35.5. The second-order valence-electron chi connectivity index (χ2n) is 11.8. The van der Waals surface area contributed by atoms with E-state index in [0.29, 0.717) is 11.2 Å². The summed E-state index contributed by atoms with van der Waals surface area (Å²) in [5.74, 6) is -5.50. The van der Waals surface area contributed by atoms with Gasteiger partial charge in [-0.2, -0.15) is 41.4 Å². The summed E-state index contributed by atoms with van der Waals surface area (Å²) in [6.45, 7) is 0. The Hall–Kier alpha value is -6.86. The molecule has 0 aliphatic carbocycles. The number of H-pyrrole nitrogens is 2. The number of carbonyl (C=O) groups excluding carboxylic acids is 1. The number of benzene rings is 2. The Morgan fingerprint density at radius 2 is 1.57 bits per heavy atom. The first-order chi connectivity index (χ1) is 25.7. The summed E-state index contributed by atoms with van der Waals surface area (Å²) >= 11 is 0. The fourth-order valence-electron chi connectivity index (χ4n) is 5.92. The van der Waals surface area contributed by atoms with E-state index in [2.05, 4.69) is 44.5 Å². The van der Waals surface area contributed by atoms with Crippen LogP contribution in [0.4, 0.5) is 32.0 Å². The number of alkyl halides is 6. The van der Waals surface area contributed by atoms with E-state index in [0.717, 1.165) is 40.0 Å². The molecule has 2 aromatic carbocycles. The van der Waals surface area contributed by atoms with Crippen LogP contribution in [-0.4, -0.2) is 53.0 Å². The molecule has 0 spiro atoms. The molecule has 5 heterocycles. The van der Waals surface area contributed by atoms with Crippen LogP contribution < -0.4 is 16.0 Å². The molecule has 0 aliphatic heterocycles. The SMILES string of the molecule is CN(C(=O)C(c1c[nH]c(=O)c(CCc2cccc3[nH]ncc23)c1-c1noc(C(F)(F)F)n1)n1ccc(-c2noc(C(F)(F)F)n2)cc1=O)c1ccccc1. The topological polar surface area (TPSA) is 182 Å². The van der Waals surface area contributed by atoms with Gasteiger partial charge in [0, 0.05) is 58.8 Å². The Kier molecular flexibility index (Phi) is 8.95. The quantitative estimate of drug-likeness (QED) is 0.177. The Balaban J connectivity index is 1.42. The Morgan fingerprint density at radius 3 is 2.24 bits per heavy atom. The second-order valence-corrected chi connectivity index (χ2v) is 11.8. The van der Waals surface area contributed by atoms with Crippen LogP contribution in [0.1, 0.15) is 34.5 Å². The number of anilines is 1. The fourth-order valence-corrected chi connectivity index (χ4v) is 5.92. The van der Waals surface area contributed by atoms with Gasteiger partial charge in [-0.15, -0.1) is 0 Å². The molecule has 54 heavy (non-hydrogen) atoms. The van der Waals surface area contributed by atoms with Gasteiger partial charge in [-0.05, 0) is 42.7 Å². The molecule has 14 nitrogen and oxygen atoms in total. The minimum Gasteiger partial charge on any atom is -0.329 e. The van der Waals surface area contributed by atoms with Crippen LogP contribution in [-0.2, 0) is 30.0 Å². The van der Waals surface area contributed by atoms with Gasteiger partial charge in [0.05, 0.1) is 11.7 Å². The molecule has 0 bridgehead atoms.